The van der Waals surface area contributed by atoms with Crippen LogP contribution in [-0.4, -0.2) is 36.0 Å². The van der Waals surface area contributed by atoms with Crippen LogP contribution in [0.5, 0.6) is 0 Å². The molecular formula is C15H20N2O3. The summed E-state index contributed by atoms with van der Waals surface area (Å²) in [6, 6.07) is 9.80. The SMILES string of the molecule is CCN(C(=O)CNC(=O)OCc1ccccc1)C1CC1. The third-order valence-electron chi connectivity index (χ3n) is 3.25. The van der Waals surface area contributed by atoms with E-state index in [0.717, 1.165) is 18.4 Å². The van der Waals surface area contributed by atoms with Crippen molar-refractivity contribution < 1.29 is 14.3 Å². The van der Waals surface area contributed by atoms with E-state index in [1.54, 1.807) is 4.90 Å². The summed E-state index contributed by atoms with van der Waals surface area (Å²) in [7, 11) is 0. The molecule has 0 aliphatic heterocycles. The molecule has 0 saturated heterocycles. The van der Waals surface area contributed by atoms with Gasteiger partial charge in [0.05, 0.1) is 0 Å². The molecule has 5 nitrogen and oxygen atoms in total. The second-order valence-corrected chi connectivity index (χ2v) is 4.83. The molecule has 1 saturated carbocycles. The van der Waals surface area contributed by atoms with Crippen molar-refractivity contribution in [2.24, 2.45) is 0 Å². The Balaban J connectivity index is 1.68. The number of carbonyl (C=O) groups is 2. The number of alkyl carbamates (subject to hydrolysis) is 1. The van der Waals surface area contributed by atoms with Gasteiger partial charge in [-0.15, -0.1) is 0 Å². The largest absolute Gasteiger partial charge is 0.445 e. The van der Waals surface area contributed by atoms with E-state index >= 15 is 0 Å². The Morgan fingerprint density at radius 3 is 2.60 bits per heavy atom. The van der Waals surface area contributed by atoms with E-state index in [9.17, 15) is 9.59 Å². The Kier molecular flexibility index (Phi) is 4.98. The van der Waals surface area contributed by atoms with Gasteiger partial charge >= 0.3 is 6.09 Å². The predicted octanol–water partition coefficient (Wildman–Crippen LogP) is 1.92. The molecule has 0 atom stereocenters. The molecule has 1 aromatic carbocycles. The fourth-order valence-corrected chi connectivity index (χ4v) is 2.05. The first kappa shape index (κ1) is 14.4. The van der Waals surface area contributed by atoms with Crippen LogP contribution in [0.3, 0.4) is 0 Å². The van der Waals surface area contributed by atoms with E-state index in [2.05, 4.69) is 5.32 Å². The molecule has 0 aromatic heterocycles. The maximum atomic E-state index is 11.9. The number of rotatable bonds is 6. The Morgan fingerprint density at radius 1 is 1.30 bits per heavy atom. The van der Waals surface area contributed by atoms with Gasteiger partial charge in [0.1, 0.15) is 13.2 Å². The van der Waals surface area contributed by atoms with Crippen LogP contribution in [-0.2, 0) is 16.1 Å². The monoisotopic (exact) mass is 276 g/mol. The van der Waals surface area contributed by atoms with Crippen LogP contribution in [0.25, 0.3) is 0 Å². The van der Waals surface area contributed by atoms with E-state index in [1.807, 2.05) is 37.3 Å². The van der Waals surface area contributed by atoms with E-state index in [0.29, 0.717) is 12.6 Å². The molecule has 108 valence electrons. The summed E-state index contributed by atoms with van der Waals surface area (Å²) in [6.45, 7) is 2.84. The predicted molar refractivity (Wildman–Crippen MR) is 75.0 cm³/mol. The lowest BCUT2D eigenvalue weighted by atomic mass is 10.2. The molecule has 1 fully saturated rings. The molecule has 20 heavy (non-hydrogen) atoms. The summed E-state index contributed by atoms with van der Waals surface area (Å²) in [6.07, 6.45) is 1.57. The third-order valence-corrected chi connectivity index (χ3v) is 3.25. The lowest BCUT2D eigenvalue weighted by Crippen LogP contribution is -2.41. The molecule has 2 amide bonds. The van der Waals surface area contributed by atoms with Crippen LogP contribution in [0.15, 0.2) is 30.3 Å². The molecule has 5 heteroatoms. The van der Waals surface area contributed by atoms with Gasteiger partial charge in [-0.25, -0.2) is 4.79 Å². The lowest BCUT2D eigenvalue weighted by molar-refractivity contribution is -0.130. The van der Waals surface area contributed by atoms with Gasteiger partial charge in [-0.2, -0.15) is 0 Å². The van der Waals surface area contributed by atoms with Crippen LogP contribution in [0.2, 0.25) is 0 Å². The highest BCUT2D eigenvalue weighted by Crippen LogP contribution is 2.26. The summed E-state index contributed by atoms with van der Waals surface area (Å²) in [5.74, 6) is -0.0494. The summed E-state index contributed by atoms with van der Waals surface area (Å²) in [5, 5.41) is 2.50. The molecular weight excluding hydrogens is 256 g/mol. The van der Waals surface area contributed by atoms with Crippen LogP contribution in [0.1, 0.15) is 25.3 Å². The highest BCUT2D eigenvalue weighted by molar-refractivity contribution is 5.82. The fraction of sp³-hybridized carbons (Fsp3) is 0.467. The van der Waals surface area contributed by atoms with Crippen molar-refractivity contribution >= 4 is 12.0 Å². The van der Waals surface area contributed by atoms with Crippen molar-refractivity contribution in [1.82, 2.24) is 10.2 Å². The molecule has 0 bridgehead atoms. The highest BCUT2D eigenvalue weighted by Gasteiger charge is 2.31. The molecule has 0 unspecified atom stereocenters. The number of hydrogen-bond acceptors (Lipinski definition) is 3. The average Bonchev–Trinajstić information content (AvgIpc) is 3.29. The molecule has 1 aliphatic rings. The number of benzene rings is 1. The number of carbonyl (C=O) groups excluding carboxylic acids is 2. The van der Waals surface area contributed by atoms with Gasteiger partial charge < -0.3 is 15.0 Å². The highest BCUT2D eigenvalue weighted by atomic mass is 16.5. The zero-order chi connectivity index (χ0) is 14.4. The van der Waals surface area contributed by atoms with Gasteiger partial charge in [-0.1, -0.05) is 30.3 Å². The van der Waals surface area contributed by atoms with Crippen molar-refractivity contribution in [2.75, 3.05) is 13.1 Å². The molecule has 1 aliphatic carbocycles. The Morgan fingerprint density at radius 2 is 2.00 bits per heavy atom. The van der Waals surface area contributed by atoms with E-state index < -0.39 is 6.09 Å². The molecule has 0 spiro atoms. The van der Waals surface area contributed by atoms with Crippen LogP contribution in [0, 0.1) is 0 Å². The van der Waals surface area contributed by atoms with Crippen molar-refractivity contribution in [3.8, 4) is 0 Å². The van der Waals surface area contributed by atoms with Gasteiger partial charge in [0.25, 0.3) is 0 Å². The first-order valence-corrected chi connectivity index (χ1v) is 6.94. The van der Waals surface area contributed by atoms with Gasteiger partial charge in [0, 0.05) is 12.6 Å². The summed E-state index contributed by atoms with van der Waals surface area (Å²) < 4.78 is 5.05. The first-order valence-electron chi connectivity index (χ1n) is 6.94. The van der Waals surface area contributed by atoms with Crippen LogP contribution >= 0.6 is 0 Å². The Labute approximate surface area is 118 Å². The van der Waals surface area contributed by atoms with E-state index in [1.165, 1.54) is 0 Å². The van der Waals surface area contributed by atoms with Gasteiger partial charge in [-0.05, 0) is 25.3 Å². The molecule has 1 N–H and O–H groups in total. The molecule has 0 radical (unpaired) electrons. The number of nitrogens with zero attached hydrogens (tertiary/aromatic N) is 1. The lowest BCUT2D eigenvalue weighted by Gasteiger charge is -2.20. The molecule has 1 aromatic rings. The number of hydrogen-bond donors (Lipinski definition) is 1. The van der Waals surface area contributed by atoms with Crippen LogP contribution in [0.4, 0.5) is 4.79 Å². The molecule has 0 heterocycles. The normalized spacial score (nSPS) is 13.7. The van der Waals surface area contributed by atoms with Crippen LogP contribution < -0.4 is 5.32 Å². The van der Waals surface area contributed by atoms with E-state index in [-0.39, 0.29) is 19.1 Å². The number of likely N-dealkylation sites (N-methyl/N-ethyl adjacent to an activating group) is 1. The minimum Gasteiger partial charge on any atom is -0.445 e. The van der Waals surface area contributed by atoms with Gasteiger partial charge in [0.15, 0.2) is 0 Å². The first-order chi connectivity index (χ1) is 9.70. The topological polar surface area (TPSA) is 58.6 Å². The average molecular weight is 276 g/mol. The fourth-order valence-electron chi connectivity index (χ4n) is 2.05. The maximum absolute atomic E-state index is 11.9. The minimum atomic E-state index is -0.561. The minimum absolute atomic E-state index is 0.00202. The van der Waals surface area contributed by atoms with Crippen molar-refractivity contribution in [2.45, 2.75) is 32.4 Å². The maximum Gasteiger partial charge on any atom is 0.407 e. The van der Waals surface area contributed by atoms with E-state index in [4.69, 9.17) is 4.74 Å². The Hall–Kier alpha value is -2.04. The summed E-state index contributed by atoms with van der Waals surface area (Å²) >= 11 is 0. The standard InChI is InChI=1S/C15H20N2O3/c1-2-17(13-8-9-13)14(18)10-16-15(19)20-11-12-6-4-3-5-7-12/h3-7,13H,2,8-11H2,1H3,(H,16,19). The van der Waals surface area contributed by atoms with Gasteiger partial charge in [-0.3, -0.25) is 4.79 Å². The summed E-state index contributed by atoms with van der Waals surface area (Å²) in [5.41, 5.74) is 0.919. The number of amides is 2. The zero-order valence-electron chi connectivity index (χ0n) is 11.7. The van der Waals surface area contributed by atoms with Crippen molar-refractivity contribution in [3.05, 3.63) is 35.9 Å². The zero-order valence-corrected chi connectivity index (χ0v) is 11.7. The smallest absolute Gasteiger partial charge is 0.407 e. The van der Waals surface area contributed by atoms with Gasteiger partial charge in [0.2, 0.25) is 5.91 Å². The number of ether oxygens (including phenoxy) is 1. The number of nitrogens with one attached hydrogen (secondary N) is 1. The quantitative estimate of drug-likeness (QED) is 0.863. The second-order valence-electron chi connectivity index (χ2n) is 4.83. The second kappa shape index (κ2) is 6.93. The van der Waals surface area contributed by atoms with Crippen molar-refractivity contribution in [3.63, 3.8) is 0 Å². The Bertz CT molecular complexity index is 457. The third kappa shape index (κ3) is 4.26. The van der Waals surface area contributed by atoms with Crippen molar-refractivity contribution in [1.29, 1.82) is 0 Å². The molecule has 2 rings (SSSR count). The summed E-state index contributed by atoms with van der Waals surface area (Å²) in [4.78, 5) is 25.2.